The van der Waals surface area contributed by atoms with Crippen molar-refractivity contribution in [1.29, 1.82) is 0 Å². The topological polar surface area (TPSA) is 62.3 Å². The average molecular weight is 304 g/mol. The van der Waals surface area contributed by atoms with E-state index in [0.717, 1.165) is 5.69 Å². The van der Waals surface area contributed by atoms with E-state index in [2.05, 4.69) is 10.3 Å². The second-order valence-electron chi connectivity index (χ2n) is 4.18. The van der Waals surface area contributed by atoms with E-state index in [0.29, 0.717) is 17.4 Å². The van der Waals surface area contributed by atoms with Crippen LogP contribution in [0, 0.1) is 0 Å². The van der Waals surface area contributed by atoms with Gasteiger partial charge in [0.25, 0.3) is 0 Å². The largest absolute Gasteiger partial charge is 0.344 e. The van der Waals surface area contributed by atoms with Gasteiger partial charge in [-0.25, -0.2) is 4.98 Å². The molecule has 1 atom stereocenters. The summed E-state index contributed by atoms with van der Waals surface area (Å²) in [4.78, 5) is 29.4. The molecule has 0 radical (unpaired) electrons. The highest BCUT2D eigenvalue weighted by Gasteiger charge is 2.19. The number of halogens is 1. The van der Waals surface area contributed by atoms with E-state index in [1.165, 1.54) is 11.3 Å². The fraction of sp³-hybridized carbons (Fsp3) is 0.583. The van der Waals surface area contributed by atoms with Crippen molar-refractivity contribution in [3.8, 4) is 0 Å². The smallest absolute Gasteiger partial charge is 0.244 e. The number of nitrogens with zero attached hydrogens (tertiary/aromatic N) is 2. The lowest BCUT2D eigenvalue weighted by Gasteiger charge is -2.20. The third-order valence-corrected chi connectivity index (χ3v) is 3.82. The molecule has 1 aromatic heterocycles. The molecular formula is C12H18ClN3O2S. The maximum atomic E-state index is 11.8. The van der Waals surface area contributed by atoms with Crippen LogP contribution in [0.15, 0.2) is 5.38 Å². The van der Waals surface area contributed by atoms with E-state index >= 15 is 0 Å². The van der Waals surface area contributed by atoms with E-state index in [1.54, 1.807) is 18.9 Å². The summed E-state index contributed by atoms with van der Waals surface area (Å²) in [6, 6.07) is -0.523. The lowest BCUT2D eigenvalue weighted by molar-refractivity contribution is -0.134. The van der Waals surface area contributed by atoms with Crippen LogP contribution in [0.5, 0.6) is 0 Å². The van der Waals surface area contributed by atoms with Gasteiger partial charge in [-0.05, 0) is 13.8 Å². The number of carbonyl (C=O) groups excluding carboxylic acids is 2. The number of nitrogens with one attached hydrogen (secondary N) is 1. The third-order valence-electron chi connectivity index (χ3n) is 2.65. The lowest BCUT2D eigenvalue weighted by Crippen LogP contribution is -2.45. The molecule has 7 heteroatoms. The summed E-state index contributed by atoms with van der Waals surface area (Å²) >= 11 is 7.04. The molecule has 1 N–H and O–H groups in total. The monoisotopic (exact) mass is 303 g/mol. The van der Waals surface area contributed by atoms with Crippen LogP contribution in [0.25, 0.3) is 0 Å². The quantitative estimate of drug-likeness (QED) is 0.808. The molecule has 19 heavy (non-hydrogen) atoms. The number of likely N-dealkylation sites (N-methyl/N-ethyl adjacent to an activating group) is 1. The minimum Gasteiger partial charge on any atom is -0.344 e. The van der Waals surface area contributed by atoms with Crippen LogP contribution in [0.2, 0.25) is 0 Å². The maximum absolute atomic E-state index is 11.8. The highest BCUT2D eigenvalue weighted by atomic mass is 35.5. The number of alkyl halides is 1. The Labute approximate surface area is 122 Å². The average Bonchev–Trinajstić information content (AvgIpc) is 2.84. The Morgan fingerprint density at radius 2 is 2.26 bits per heavy atom. The first-order valence-electron chi connectivity index (χ1n) is 6.01. The van der Waals surface area contributed by atoms with Gasteiger partial charge in [0.05, 0.1) is 18.0 Å². The predicted molar refractivity (Wildman–Crippen MR) is 76.3 cm³/mol. The Hall–Kier alpha value is -1.14. The van der Waals surface area contributed by atoms with Crippen LogP contribution >= 0.6 is 22.9 Å². The van der Waals surface area contributed by atoms with E-state index in [1.807, 2.05) is 12.3 Å². The predicted octanol–water partition coefficient (Wildman–Crippen LogP) is 1.41. The number of thiazole rings is 1. The number of aromatic nitrogens is 1. The number of hydrogen-bond acceptors (Lipinski definition) is 4. The summed E-state index contributed by atoms with van der Waals surface area (Å²) in [5.41, 5.74) is 0.768. The molecule has 0 aliphatic rings. The second kappa shape index (κ2) is 7.45. The first-order chi connectivity index (χ1) is 8.97. The summed E-state index contributed by atoms with van der Waals surface area (Å²) in [5, 5.41) is 5.21. The molecule has 0 aliphatic heterocycles. The summed E-state index contributed by atoms with van der Waals surface area (Å²) in [6.45, 7) is 4.18. The van der Waals surface area contributed by atoms with Crippen LogP contribution < -0.4 is 5.32 Å². The Kier molecular flexibility index (Phi) is 6.24. The van der Waals surface area contributed by atoms with Gasteiger partial charge >= 0.3 is 0 Å². The SMILES string of the molecule is CCN(C)C(=O)C(C)NC(=O)Cc1nc(CCl)cs1. The minimum absolute atomic E-state index is 0.101. The zero-order valence-corrected chi connectivity index (χ0v) is 12.8. The Morgan fingerprint density at radius 3 is 2.79 bits per heavy atom. The van der Waals surface area contributed by atoms with Crippen molar-refractivity contribution >= 4 is 34.8 Å². The molecule has 0 aliphatic carbocycles. The van der Waals surface area contributed by atoms with Crippen LogP contribution in [0.3, 0.4) is 0 Å². The zero-order chi connectivity index (χ0) is 14.4. The molecule has 106 valence electrons. The maximum Gasteiger partial charge on any atom is 0.244 e. The molecule has 0 aromatic carbocycles. The molecule has 1 heterocycles. The standard InChI is InChI=1S/C12H18ClN3O2S/c1-4-16(3)12(18)8(2)14-10(17)5-11-15-9(6-13)7-19-11/h7-8H,4-6H2,1-3H3,(H,14,17). The van der Waals surface area contributed by atoms with Crippen molar-refractivity contribution in [3.63, 3.8) is 0 Å². The van der Waals surface area contributed by atoms with Crippen molar-refractivity contribution < 1.29 is 9.59 Å². The van der Waals surface area contributed by atoms with Crippen LogP contribution in [-0.4, -0.2) is 41.3 Å². The van der Waals surface area contributed by atoms with Crippen molar-refractivity contribution in [2.24, 2.45) is 0 Å². The molecule has 1 aromatic rings. The molecule has 2 amide bonds. The van der Waals surface area contributed by atoms with Crippen molar-refractivity contribution in [2.75, 3.05) is 13.6 Å². The van der Waals surface area contributed by atoms with Gasteiger partial charge in [0.1, 0.15) is 11.0 Å². The molecule has 0 spiro atoms. The number of amides is 2. The van der Waals surface area contributed by atoms with E-state index in [-0.39, 0.29) is 18.2 Å². The first-order valence-corrected chi connectivity index (χ1v) is 7.42. The van der Waals surface area contributed by atoms with E-state index < -0.39 is 6.04 Å². The minimum atomic E-state index is -0.523. The van der Waals surface area contributed by atoms with Crippen molar-refractivity contribution in [1.82, 2.24) is 15.2 Å². The van der Waals surface area contributed by atoms with Gasteiger partial charge in [-0.3, -0.25) is 9.59 Å². The highest BCUT2D eigenvalue weighted by molar-refractivity contribution is 7.09. The molecule has 0 fully saturated rings. The Morgan fingerprint density at radius 1 is 1.58 bits per heavy atom. The summed E-state index contributed by atoms with van der Waals surface area (Å²) < 4.78 is 0. The first kappa shape index (κ1) is 15.9. The third kappa shape index (κ3) is 4.80. The fourth-order valence-electron chi connectivity index (χ4n) is 1.47. The van der Waals surface area contributed by atoms with Crippen molar-refractivity contribution in [2.45, 2.75) is 32.2 Å². The summed E-state index contributed by atoms with van der Waals surface area (Å²) in [5.74, 6) is 0.0335. The van der Waals surface area contributed by atoms with Gasteiger partial charge < -0.3 is 10.2 Å². The molecule has 1 rings (SSSR count). The van der Waals surface area contributed by atoms with Crippen molar-refractivity contribution in [3.05, 3.63) is 16.1 Å². The van der Waals surface area contributed by atoms with Gasteiger partial charge in [-0.1, -0.05) is 0 Å². The normalized spacial score (nSPS) is 12.0. The second-order valence-corrected chi connectivity index (χ2v) is 5.39. The van der Waals surface area contributed by atoms with Gasteiger partial charge in [0.2, 0.25) is 11.8 Å². The zero-order valence-electron chi connectivity index (χ0n) is 11.3. The molecule has 5 nitrogen and oxygen atoms in total. The Bertz CT molecular complexity index is 450. The van der Waals surface area contributed by atoms with Gasteiger partial charge in [0, 0.05) is 19.0 Å². The Balaban J connectivity index is 2.48. The van der Waals surface area contributed by atoms with Crippen LogP contribution in [0.4, 0.5) is 0 Å². The lowest BCUT2D eigenvalue weighted by atomic mass is 10.2. The van der Waals surface area contributed by atoms with Gasteiger partial charge in [-0.15, -0.1) is 22.9 Å². The highest BCUT2D eigenvalue weighted by Crippen LogP contribution is 2.12. The van der Waals surface area contributed by atoms with Crippen LogP contribution in [0.1, 0.15) is 24.5 Å². The van der Waals surface area contributed by atoms with Gasteiger partial charge in [-0.2, -0.15) is 0 Å². The molecule has 1 unspecified atom stereocenters. The summed E-state index contributed by atoms with van der Waals surface area (Å²) in [6.07, 6.45) is 0.176. The summed E-state index contributed by atoms with van der Waals surface area (Å²) in [7, 11) is 1.71. The fourth-order valence-corrected chi connectivity index (χ4v) is 2.49. The van der Waals surface area contributed by atoms with Gasteiger partial charge in [0.15, 0.2) is 0 Å². The molecular weight excluding hydrogens is 286 g/mol. The van der Waals surface area contributed by atoms with E-state index in [9.17, 15) is 9.59 Å². The van der Waals surface area contributed by atoms with E-state index in [4.69, 9.17) is 11.6 Å². The molecule has 0 saturated heterocycles. The number of hydrogen-bond donors (Lipinski definition) is 1. The number of rotatable bonds is 6. The molecule has 0 bridgehead atoms. The number of carbonyl (C=O) groups is 2. The van der Waals surface area contributed by atoms with Crippen LogP contribution in [-0.2, 0) is 21.9 Å². The molecule has 0 saturated carbocycles.